The molecule has 2 rings (SSSR count). The summed E-state index contributed by atoms with van der Waals surface area (Å²) >= 11 is 4.72. The third-order valence-corrected chi connectivity index (χ3v) is 2.56. The van der Waals surface area contributed by atoms with Crippen molar-refractivity contribution in [2.45, 2.75) is 30.6 Å². The average molecular weight is 221 g/mol. The van der Waals surface area contributed by atoms with Crippen LogP contribution in [0.2, 0.25) is 0 Å². The van der Waals surface area contributed by atoms with Gasteiger partial charge in [0.25, 0.3) is 5.17 Å². The van der Waals surface area contributed by atoms with Gasteiger partial charge in [0.15, 0.2) is 12.3 Å². The van der Waals surface area contributed by atoms with Gasteiger partial charge < -0.3 is 30.1 Å². The molecule has 0 aromatic heterocycles. The van der Waals surface area contributed by atoms with Crippen LogP contribution in [-0.4, -0.2) is 57.7 Å². The van der Waals surface area contributed by atoms with Gasteiger partial charge in [0.2, 0.25) is 0 Å². The molecule has 0 unspecified atom stereocenters. The molecular weight excluding hydrogens is 210 g/mol. The zero-order chi connectivity index (χ0) is 10.3. The van der Waals surface area contributed by atoms with E-state index in [-0.39, 0.29) is 5.17 Å². The molecule has 2 fully saturated rings. The molecule has 2 aliphatic heterocycles. The van der Waals surface area contributed by atoms with E-state index in [4.69, 9.17) is 26.8 Å². The highest BCUT2D eigenvalue weighted by Gasteiger charge is 2.51. The fourth-order valence-electron chi connectivity index (χ4n) is 1.64. The van der Waals surface area contributed by atoms with Gasteiger partial charge in [0.05, 0.1) is 6.61 Å². The summed E-state index contributed by atoms with van der Waals surface area (Å²) in [7, 11) is 0. The topological polar surface area (TPSA) is 91.2 Å². The number of aliphatic hydroxyl groups is 3. The number of fused-ring (bicyclic) bond motifs is 1. The Kier molecular flexibility index (Phi) is 2.58. The van der Waals surface area contributed by atoms with Crippen molar-refractivity contribution in [2.75, 3.05) is 6.61 Å². The van der Waals surface area contributed by atoms with Crippen LogP contribution in [0.15, 0.2) is 0 Å². The predicted molar refractivity (Wildman–Crippen MR) is 48.4 cm³/mol. The molecule has 2 heterocycles. The lowest BCUT2D eigenvalue weighted by Gasteiger charge is -2.20. The predicted octanol–water partition coefficient (Wildman–Crippen LogP) is -2.30. The summed E-state index contributed by atoms with van der Waals surface area (Å²) in [6, 6.07) is 0. The van der Waals surface area contributed by atoms with Crippen LogP contribution >= 0.6 is 12.2 Å². The number of nitrogens with one attached hydrogen (secondary N) is 1. The minimum absolute atomic E-state index is 0.177. The second-order valence-electron chi connectivity index (χ2n) is 3.28. The summed E-state index contributed by atoms with van der Waals surface area (Å²) in [4.78, 5) is 0. The maximum Gasteiger partial charge on any atom is 0.259 e. The average Bonchev–Trinajstić information content (AvgIpc) is 2.64. The summed E-state index contributed by atoms with van der Waals surface area (Å²) in [6.07, 6.45) is -4.09. The van der Waals surface area contributed by atoms with Gasteiger partial charge in [-0.05, 0) is 12.2 Å². The standard InChI is InChI=1S/C7H11NO5S/c9-1-2(10)4-3(11)5-6(12-4)8-7(14)13-5/h2-6,9-11H,1H2,(H,8,14)/t2-,3+,4-,5-,6-/m0/s1. The van der Waals surface area contributed by atoms with E-state index in [1.807, 2.05) is 0 Å². The van der Waals surface area contributed by atoms with Crippen LogP contribution in [0, 0.1) is 0 Å². The third-order valence-electron chi connectivity index (χ3n) is 2.34. The Morgan fingerprint density at radius 3 is 2.86 bits per heavy atom. The summed E-state index contributed by atoms with van der Waals surface area (Å²) in [5, 5.41) is 30.5. The number of ether oxygens (including phenoxy) is 2. The first-order valence-corrected chi connectivity index (χ1v) is 4.64. The van der Waals surface area contributed by atoms with E-state index in [1.165, 1.54) is 0 Å². The molecule has 0 amide bonds. The lowest BCUT2D eigenvalue weighted by molar-refractivity contribution is -0.0846. The molecule has 0 spiro atoms. The molecule has 7 heteroatoms. The quantitative estimate of drug-likeness (QED) is 0.390. The smallest absolute Gasteiger partial charge is 0.259 e. The van der Waals surface area contributed by atoms with Gasteiger partial charge in [-0.15, -0.1) is 0 Å². The van der Waals surface area contributed by atoms with Crippen LogP contribution in [-0.2, 0) is 9.47 Å². The largest absolute Gasteiger partial charge is 0.460 e. The molecule has 6 nitrogen and oxygen atoms in total. The van der Waals surface area contributed by atoms with E-state index >= 15 is 0 Å². The Morgan fingerprint density at radius 2 is 2.29 bits per heavy atom. The van der Waals surface area contributed by atoms with E-state index in [0.717, 1.165) is 0 Å². The molecule has 0 aliphatic carbocycles. The maximum absolute atomic E-state index is 9.66. The van der Waals surface area contributed by atoms with Crippen LogP contribution in [0.1, 0.15) is 0 Å². The zero-order valence-electron chi connectivity index (χ0n) is 7.16. The Labute approximate surface area is 85.4 Å². The normalized spacial score (nSPS) is 42.9. The number of rotatable bonds is 2. The van der Waals surface area contributed by atoms with E-state index < -0.39 is 37.3 Å². The third kappa shape index (κ3) is 1.47. The van der Waals surface area contributed by atoms with E-state index in [1.54, 1.807) is 0 Å². The monoisotopic (exact) mass is 221 g/mol. The first-order chi connectivity index (χ1) is 6.63. The highest BCUT2D eigenvalue weighted by atomic mass is 32.1. The Bertz CT molecular complexity index is 250. The van der Waals surface area contributed by atoms with Crippen molar-refractivity contribution in [3.63, 3.8) is 0 Å². The highest BCUT2D eigenvalue weighted by molar-refractivity contribution is 7.80. The van der Waals surface area contributed by atoms with Gasteiger partial charge in [-0.25, -0.2) is 0 Å². The van der Waals surface area contributed by atoms with Crippen LogP contribution < -0.4 is 5.32 Å². The van der Waals surface area contributed by atoms with Crippen LogP contribution in [0.4, 0.5) is 0 Å². The molecule has 0 radical (unpaired) electrons. The fraction of sp³-hybridized carbons (Fsp3) is 0.857. The van der Waals surface area contributed by atoms with Crippen molar-refractivity contribution in [2.24, 2.45) is 0 Å². The Morgan fingerprint density at radius 1 is 1.57 bits per heavy atom. The van der Waals surface area contributed by atoms with Crippen molar-refractivity contribution in [3.8, 4) is 0 Å². The van der Waals surface area contributed by atoms with Gasteiger partial charge in [-0.1, -0.05) is 0 Å². The fourth-order valence-corrected chi connectivity index (χ4v) is 1.86. The molecule has 80 valence electrons. The molecule has 4 N–H and O–H groups in total. The van der Waals surface area contributed by atoms with E-state index in [0.29, 0.717) is 0 Å². The molecule has 0 bridgehead atoms. The van der Waals surface area contributed by atoms with Crippen molar-refractivity contribution < 1.29 is 24.8 Å². The summed E-state index contributed by atoms with van der Waals surface area (Å²) in [6.45, 7) is -0.467. The number of thiocarbonyl (C=S) groups is 1. The SMILES string of the molecule is OC[C@H](O)[C@@H]1O[C@@H]2NC(=S)O[C@H]2[C@@H]1O. The molecular formula is C7H11NO5S. The van der Waals surface area contributed by atoms with Crippen LogP contribution in [0.25, 0.3) is 0 Å². The van der Waals surface area contributed by atoms with Crippen LogP contribution in [0.5, 0.6) is 0 Å². The first kappa shape index (κ1) is 10.1. The maximum atomic E-state index is 9.66. The Balaban J connectivity index is 2.05. The number of hydrogen-bond donors (Lipinski definition) is 4. The lowest BCUT2D eigenvalue weighted by atomic mass is 10.1. The van der Waals surface area contributed by atoms with Gasteiger partial charge in [-0.2, -0.15) is 0 Å². The molecule has 2 saturated heterocycles. The number of aliphatic hydroxyl groups excluding tert-OH is 3. The summed E-state index contributed by atoms with van der Waals surface area (Å²) in [5.74, 6) is 0. The zero-order valence-corrected chi connectivity index (χ0v) is 7.98. The molecule has 0 aromatic carbocycles. The van der Waals surface area contributed by atoms with Gasteiger partial charge in [0, 0.05) is 0 Å². The van der Waals surface area contributed by atoms with Crippen molar-refractivity contribution in [1.29, 1.82) is 0 Å². The minimum atomic E-state index is -1.12. The molecule has 5 atom stereocenters. The molecule has 0 aromatic rings. The van der Waals surface area contributed by atoms with Gasteiger partial charge in [-0.3, -0.25) is 0 Å². The Hall–Kier alpha value is -0.470. The summed E-state index contributed by atoms with van der Waals surface area (Å²) in [5.41, 5.74) is 0. The van der Waals surface area contributed by atoms with E-state index in [9.17, 15) is 10.2 Å². The second kappa shape index (κ2) is 3.59. The number of hydrogen-bond acceptors (Lipinski definition) is 6. The molecule has 0 saturated carbocycles. The van der Waals surface area contributed by atoms with Crippen LogP contribution in [0.3, 0.4) is 0 Å². The van der Waals surface area contributed by atoms with Crippen molar-refractivity contribution in [3.05, 3.63) is 0 Å². The second-order valence-corrected chi connectivity index (χ2v) is 3.65. The first-order valence-electron chi connectivity index (χ1n) is 4.23. The highest BCUT2D eigenvalue weighted by Crippen LogP contribution is 2.28. The van der Waals surface area contributed by atoms with Crippen molar-refractivity contribution >= 4 is 17.4 Å². The van der Waals surface area contributed by atoms with Gasteiger partial charge in [0.1, 0.15) is 18.3 Å². The van der Waals surface area contributed by atoms with Crippen molar-refractivity contribution in [1.82, 2.24) is 5.32 Å². The van der Waals surface area contributed by atoms with E-state index in [2.05, 4.69) is 5.32 Å². The lowest BCUT2D eigenvalue weighted by Crippen LogP contribution is -2.41. The molecule has 2 aliphatic rings. The molecule has 14 heavy (non-hydrogen) atoms. The van der Waals surface area contributed by atoms with Gasteiger partial charge >= 0.3 is 0 Å². The minimum Gasteiger partial charge on any atom is -0.460 e. The summed E-state index contributed by atoms with van der Waals surface area (Å²) < 4.78 is 10.3.